The first-order valence-corrected chi connectivity index (χ1v) is 8.09. The summed E-state index contributed by atoms with van der Waals surface area (Å²) in [6.45, 7) is 6.35. The highest BCUT2D eigenvalue weighted by Crippen LogP contribution is 2.10. The van der Waals surface area contributed by atoms with Crippen molar-refractivity contribution in [2.75, 3.05) is 26.2 Å². The summed E-state index contributed by atoms with van der Waals surface area (Å²) in [6, 6.07) is -0.0344. The van der Waals surface area contributed by atoms with E-state index in [-0.39, 0.29) is 17.8 Å². The van der Waals surface area contributed by atoms with Crippen molar-refractivity contribution in [2.45, 2.75) is 32.7 Å². The molecule has 0 saturated carbocycles. The molecule has 1 saturated heterocycles. The fourth-order valence-corrected chi connectivity index (χ4v) is 3.30. The Hall–Kier alpha value is -0.700. The van der Waals surface area contributed by atoms with Gasteiger partial charge in [0.1, 0.15) is 5.84 Å². The third-order valence-corrected chi connectivity index (χ3v) is 4.18. The van der Waals surface area contributed by atoms with Gasteiger partial charge in [0, 0.05) is 25.7 Å². The van der Waals surface area contributed by atoms with Gasteiger partial charge in [-0.05, 0) is 18.8 Å². The van der Waals surface area contributed by atoms with E-state index in [9.17, 15) is 8.42 Å². The number of amidine groups is 1. The van der Waals surface area contributed by atoms with Gasteiger partial charge in [-0.1, -0.05) is 13.8 Å². The van der Waals surface area contributed by atoms with Crippen LogP contribution in [-0.4, -0.2) is 51.4 Å². The van der Waals surface area contributed by atoms with Crippen LogP contribution in [0.1, 0.15) is 26.7 Å². The van der Waals surface area contributed by atoms with E-state index in [4.69, 9.17) is 11.1 Å². The van der Waals surface area contributed by atoms with Gasteiger partial charge in [-0.15, -0.1) is 0 Å². The van der Waals surface area contributed by atoms with E-state index in [2.05, 4.69) is 14.3 Å². The zero-order valence-electron chi connectivity index (χ0n) is 11.6. The summed E-state index contributed by atoms with van der Waals surface area (Å²) in [5.41, 5.74) is 5.35. The first-order chi connectivity index (χ1) is 8.78. The molecule has 1 aliphatic rings. The largest absolute Gasteiger partial charge is 0.387 e. The molecule has 5 N–H and O–H groups in total. The highest BCUT2D eigenvalue weighted by Gasteiger charge is 2.23. The van der Waals surface area contributed by atoms with Crippen LogP contribution in [0.25, 0.3) is 0 Å². The van der Waals surface area contributed by atoms with Gasteiger partial charge >= 0.3 is 0 Å². The maximum Gasteiger partial charge on any atom is 0.277 e. The Morgan fingerprint density at radius 2 is 2.00 bits per heavy atom. The van der Waals surface area contributed by atoms with E-state index in [1.807, 2.05) is 13.8 Å². The Balaban J connectivity index is 2.34. The lowest BCUT2D eigenvalue weighted by molar-refractivity contribution is 0.231. The van der Waals surface area contributed by atoms with Gasteiger partial charge in [-0.25, -0.2) is 4.72 Å². The molecule has 1 fully saturated rings. The van der Waals surface area contributed by atoms with Crippen molar-refractivity contribution >= 4 is 16.0 Å². The first-order valence-electron chi connectivity index (χ1n) is 6.60. The van der Waals surface area contributed by atoms with Crippen LogP contribution in [0.5, 0.6) is 0 Å². The van der Waals surface area contributed by atoms with Crippen LogP contribution in [0, 0.1) is 11.3 Å². The smallest absolute Gasteiger partial charge is 0.277 e. The first kappa shape index (κ1) is 16.4. The molecule has 1 aliphatic heterocycles. The molecule has 0 atom stereocenters. The van der Waals surface area contributed by atoms with Crippen molar-refractivity contribution in [1.29, 1.82) is 5.41 Å². The number of nitrogens with zero attached hydrogens (tertiary/aromatic N) is 1. The molecule has 19 heavy (non-hydrogen) atoms. The highest BCUT2D eigenvalue weighted by molar-refractivity contribution is 7.87. The van der Waals surface area contributed by atoms with E-state index < -0.39 is 10.2 Å². The molecule has 0 radical (unpaired) electrons. The van der Waals surface area contributed by atoms with Gasteiger partial charge in [0.15, 0.2) is 0 Å². The number of hydrogen-bond acceptors (Lipinski definition) is 4. The van der Waals surface area contributed by atoms with E-state index >= 15 is 0 Å². The fourth-order valence-electron chi connectivity index (χ4n) is 1.99. The standard InChI is InChI=1S/C11H25N5O2S/c1-9(2)7-14-19(17,18)15-10-3-5-16(6-4-10)8-11(12)13/h9-10,14-15H,3-8H2,1-2H3,(H3,12,13). The summed E-state index contributed by atoms with van der Waals surface area (Å²) >= 11 is 0. The molecule has 7 nitrogen and oxygen atoms in total. The average molecular weight is 291 g/mol. The number of piperidine rings is 1. The van der Waals surface area contributed by atoms with Gasteiger partial charge in [0.05, 0.1) is 6.54 Å². The summed E-state index contributed by atoms with van der Waals surface area (Å²) < 4.78 is 28.8. The molecule has 1 heterocycles. The van der Waals surface area contributed by atoms with Crippen LogP contribution in [-0.2, 0) is 10.2 Å². The molecule has 0 unspecified atom stereocenters. The van der Waals surface area contributed by atoms with E-state index in [0.717, 1.165) is 25.9 Å². The van der Waals surface area contributed by atoms with Crippen molar-refractivity contribution in [3.8, 4) is 0 Å². The SMILES string of the molecule is CC(C)CNS(=O)(=O)NC1CCN(CC(=N)N)CC1. The zero-order valence-corrected chi connectivity index (χ0v) is 12.5. The summed E-state index contributed by atoms with van der Waals surface area (Å²) in [5, 5.41) is 7.23. The van der Waals surface area contributed by atoms with Crippen molar-refractivity contribution < 1.29 is 8.42 Å². The molecule has 8 heteroatoms. The summed E-state index contributed by atoms with van der Waals surface area (Å²) in [4.78, 5) is 2.06. The Labute approximate surface area is 115 Å². The van der Waals surface area contributed by atoms with Crippen molar-refractivity contribution in [3.05, 3.63) is 0 Å². The Morgan fingerprint density at radius 3 is 2.47 bits per heavy atom. The molecular weight excluding hydrogens is 266 g/mol. The van der Waals surface area contributed by atoms with Gasteiger partial charge in [0.2, 0.25) is 0 Å². The summed E-state index contributed by atoms with van der Waals surface area (Å²) in [6.07, 6.45) is 1.49. The molecule has 0 amide bonds. The molecule has 0 aromatic heterocycles. The van der Waals surface area contributed by atoms with Crippen molar-refractivity contribution in [1.82, 2.24) is 14.3 Å². The maximum absolute atomic E-state index is 11.8. The molecule has 0 aromatic carbocycles. The van der Waals surface area contributed by atoms with Crippen LogP contribution >= 0.6 is 0 Å². The van der Waals surface area contributed by atoms with Crippen molar-refractivity contribution in [3.63, 3.8) is 0 Å². The Bertz CT molecular complexity index is 388. The topological polar surface area (TPSA) is 111 Å². The second-order valence-electron chi connectivity index (χ2n) is 5.44. The monoisotopic (exact) mass is 291 g/mol. The minimum absolute atomic E-state index is 0.0344. The fraction of sp³-hybridized carbons (Fsp3) is 0.909. The van der Waals surface area contributed by atoms with E-state index in [1.54, 1.807) is 0 Å². The quantitative estimate of drug-likeness (QED) is 0.373. The molecule has 112 valence electrons. The predicted octanol–water partition coefficient (Wildman–Crippen LogP) is -0.533. The lowest BCUT2D eigenvalue weighted by atomic mass is 10.1. The van der Waals surface area contributed by atoms with Crippen LogP contribution < -0.4 is 15.2 Å². The summed E-state index contributed by atoms with van der Waals surface area (Å²) in [7, 11) is -3.40. The molecule has 0 aliphatic carbocycles. The minimum atomic E-state index is -3.40. The minimum Gasteiger partial charge on any atom is -0.387 e. The number of rotatable bonds is 7. The van der Waals surface area contributed by atoms with Gasteiger partial charge in [0.25, 0.3) is 10.2 Å². The molecule has 0 bridgehead atoms. The van der Waals surface area contributed by atoms with Crippen LogP contribution in [0.4, 0.5) is 0 Å². The van der Waals surface area contributed by atoms with Gasteiger partial charge < -0.3 is 5.73 Å². The highest BCUT2D eigenvalue weighted by atomic mass is 32.2. The predicted molar refractivity (Wildman–Crippen MR) is 76.3 cm³/mol. The third kappa shape index (κ3) is 6.86. The normalized spacial score (nSPS) is 18.9. The third-order valence-electron chi connectivity index (χ3n) is 2.98. The molecular formula is C11H25N5O2S. The van der Waals surface area contributed by atoms with Gasteiger partial charge in [-0.2, -0.15) is 13.1 Å². The molecule has 1 rings (SSSR count). The Kier molecular flexibility index (Phi) is 6.18. The van der Waals surface area contributed by atoms with Crippen LogP contribution in [0.3, 0.4) is 0 Å². The second kappa shape index (κ2) is 7.18. The zero-order chi connectivity index (χ0) is 14.5. The summed E-state index contributed by atoms with van der Waals surface area (Å²) in [5.74, 6) is 0.437. The molecule has 0 spiro atoms. The van der Waals surface area contributed by atoms with E-state index in [1.165, 1.54) is 0 Å². The number of hydrogen-bond donors (Lipinski definition) is 4. The number of likely N-dealkylation sites (tertiary alicyclic amines) is 1. The number of nitrogens with two attached hydrogens (primary N) is 1. The van der Waals surface area contributed by atoms with Crippen LogP contribution in [0.15, 0.2) is 0 Å². The van der Waals surface area contributed by atoms with Gasteiger partial charge in [-0.3, -0.25) is 10.3 Å². The van der Waals surface area contributed by atoms with Crippen molar-refractivity contribution in [2.24, 2.45) is 11.7 Å². The van der Waals surface area contributed by atoms with E-state index in [0.29, 0.717) is 13.1 Å². The lowest BCUT2D eigenvalue weighted by Gasteiger charge is -2.31. The second-order valence-corrected chi connectivity index (χ2v) is 6.97. The Morgan fingerprint density at radius 1 is 1.42 bits per heavy atom. The number of nitrogens with one attached hydrogen (secondary N) is 3. The maximum atomic E-state index is 11.8. The lowest BCUT2D eigenvalue weighted by Crippen LogP contribution is -2.49. The average Bonchev–Trinajstić information content (AvgIpc) is 2.28. The van der Waals surface area contributed by atoms with Crippen LogP contribution in [0.2, 0.25) is 0 Å². The molecule has 0 aromatic rings.